The first kappa shape index (κ1) is 15.0. The molecule has 0 aliphatic rings. The standard InChI is InChI=1S/C13H13N3O4S/c17-8-14-10(13(18)19)6-21-7-11-15-12(20-16-11)9-4-2-1-3-5-9/h1-5,8,10H,6-7H2,(H,14,17)(H,18,19). The molecule has 1 amide bonds. The number of carbonyl (C=O) groups is 2. The van der Waals surface area contributed by atoms with Gasteiger partial charge in [0.2, 0.25) is 6.41 Å². The summed E-state index contributed by atoms with van der Waals surface area (Å²) >= 11 is 1.30. The van der Waals surface area contributed by atoms with Crippen LogP contribution in [0.15, 0.2) is 34.9 Å². The number of carboxylic acids is 1. The Balaban J connectivity index is 1.88. The van der Waals surface area contributed by atoms with Crippen molar-refractivity contribution in [3.63, 3.8) is 0 Å². The Hall–Kier alpha value is -2.35. The Morgan fingerprint density at radius 3 is 2.86 bits per heavy atom. The van der Waals surface area contributed by atoms with Crippen molar-refractivity contribution in [3.05, 3.63) is 36.2 Å². The molecule has 0 saturated carbocycles. The van der Waals surface area contributed by atoms with Crippen molar-refractivity contribution in [2.24, 2.45) is 0 Å². The van der Waals surface area contributed by atoms with Crippen molar-refractivity contribution in [2.75, 3.05) is 5.75 Å². The molecule has 2 aromatic rings. The van der Waals surface area contributed by atoms with Gasteiger partial charge in [-0.2, -0.15) is 16.7 Å². The molecule has 0 radical (unpaired) electrons. The maximum Gasteiger partial charge on any atom is 0.327 e. The number of hydrogen-bond acceptors (Lipinski definition) is 6. The van der Waals surface area contributed by atoms with Gasteiger partial charge in [0.15, 0.2) is 5.82 Å². The first-order valence-electron chi connectivity index (χ1n) is 6.09. The fourth-order valence-corrected chi connectivity index (χ4v) is 2.44. The number of benzene rings is 1. The lowest BCUT2D eigenvalue weighted by Crippen LogP contribution is -2.37. The molecule has 110 valence electrons. The summed E-state index contributed by atoms with van der Waals surface area (Å²) in [6.07, 6.45) is 0.376. The number of amides is 1. The van der Waals surface area contributed by atoms with E-state index in [1.165, 1.54) is 11.8 Å². The molecule has 2 rings (SSSR count). The van der Waals surface area contributed by atoms with E-state index in [4.69, 9.17) is 9.63 Å². The van der Waals surface area contributed by atoms with Crippen LogP contribution in [0.25, 0.3) is 11.5 Å². The minimum absolute atomic E-state index is 0.225. The van der Waals surface area contributed by atoms with Gasteiger partial charge < -0.3 is 14.9 Å². The molecule has 0 aliphatic carbocycles. The SMILES string of the molecule is O=CNC(CSCc1noc(-c2ccccc2)n1)C(=O)O. The van der Waals surface area contributed by atoms with Gasteiger partial charge in [-0.05, 0) is 12.1 Å². The molecular weight excluding hydrogens is 294 g/mol. The third kappa shape index (κ3) is 4.32. The van der Waals surface area contributed by atoms with Crippen LogP contribution >= 0.6 is 11.8 Å². The second-order valence-electron chi connectivity index (χ2n) is 4.07. The van der Waals surface area contributed by atoms with E-state index >= 15 is 0 Å². The third-order valence-electron chi connectivity index (χ3n) is 2.57. The first-order valence-corrected chi connectivity index (χ1v) is 7.24. The summed E-state index contributed by atoms with van der Waals surface area (Å²) in [5, 5.41) is 14.9. The van der Waals surface area contributed by atoms with Crippen molar-refractivity contribution < 1.29 is 19.2 Å². The predicted molar refractivity (Wildman–Crippen MR) is 76.5 cm³/mol. The van der Waals surface area contributed by atoms with Crippen LogP contribution in [0.5, 0.6) is 0 Å². The average Bonchev–Trinajstić information content (AvgIpc) is 2.96. The van der Waals surface area contributed by atoms with E-state index in [1.54, 1.807) is 0 Å². The van der Waals surface area contributed by atoms with Gasteiger partial charge in [-0.3, -0.25) is 4.79 Å². The zero-order valence-corrected chi connectivity index (χ0v) is 11.7. The number of nitrogens with zero attached hydrogens (tertiary/aromatic N) is 2. The van der Waals surface area contributed by atoms with E-state index in [9.17, 15) is 9.59 Å². The maximum atomic E-state index is 10.8. The summed E-state index contributed by atoms with van der Waals surface area (Å²) < 4.78 is 5.14. The highest BCUT2D eigenvalue weighted by Gasteiger charge is 2.16. The minimum atomic E-state index is -1.08. The quantitative estimate of drug-likeness (QED) is 0.705. The van der Waals surface area contributed by atoms with E-state index in [0.29, 0.717) is 23.9 Å². The summed E-state index contributed by atoms with van der Waals surface area (Å²) in [4.78, 5) is 25.4. The largest absolute Gasteiger partial charge is 0.480 e. The molecule has 1 aromatic heterocycles. The van der Waals surface area contributed by atoms with Crippen molar-refractivity contribution in [3.8, 4) is 11.5 Å². The monoisotopic (exact) mass is 307 g/mol. The molecule has 8 heteroatoms. The summed E-state index contributed by atoms with van der Waals surface area (Å²) in [7, 11) is 0. The van der Waals surface area contributed by atoms with E-state index in [1.807, 2.05) is 30.3 Å². The van der Waals surface area contributed by atoms with E-state index < -0.39 is 12.0 Å². The maximum absolute atomic E-state index is 10.8. The lowest BCUT2D eigenvalue weighted by Gasteiger charge is -2.09. The van der Waals surface area contributed by atoms with Gasteiger partial charge >= 0.3 is 5.97 Å². The molecular formula is C13H13N3O4S. The zero-order valence-electron chi connectivity index (χ0n) is 10.9. The molecule has 7 nitrogen and oxygen atoms in total. The van der Waals surface area contributed by atoms with Crippen molar-refractivity contribution in [2.45, 2.75) is 11.8 Å². The van der Waals surface area contributed by atoms with Crippen molar-refractivity contribution in [1.29, 1.82) is 0 Å². The van der Waals surface area contributed by atoms with Gasteiger partial charge in [-0.25, -0.2) is 4.79 Å². The lowest BCUT2D eigenvalue weighted by molar-refractivity contribution is -0.139. The number of hydrogen-bond donors (Lipinski definition) is 2. The Bertz CT molecular complexity index is 602. The second-order valence-corrected chi connectivity index (χ2v) is 5.10. The Morgan fingerprint density at radius 2 is 2.19 bits per heavy atom. The number of carbonyl (C=O) groups excluding carboxylic acids is 1. The van der Waals surface area contributed by atoms with Gasteiger partial charge in [0, 0.05) is 11.3 Å². The van der Waals surface area contributed by atoms with Crippen LogP contribution < -0.4 is 5.32 Å². The molecule has 1 atom stereocenters. The highest BCUT2D eigenvalue weighted by Crippen LogP contribution is 2.18. The van der Waals surface area contributed by atoms with Gasteiger partial charge in [0.1, 0.15) is 6.04 Å². The smallest absolute Gasteiger partial charge is 0.327 e. The number of rotatable bonds is 8. The second kappa shape index (κ2) is 7.44. The Kier molecular flexibility index (Phi) is 5.33. The molecule has 0 fully saturated rings. The van der Waals surface area contributed by atoms with E-state index in [0.717, 1.165) is 5.56 Å². The summed E-state index contributed by atoms with van der Waals surface area (Å²) in [5.41, 5.74) is 0.826. The molecule has 1 heterocycles. The molecule has 21 heavy (non-hydrogen) atoms. The van der Waals surface area contributed by atoms with Crippen molar-refractivity contribution >= 4 is 24.1 Å². The van der Waals surface area contributed by atoms with Crippen LogP contribution in [-0.2, 0) is 15.3 Å². The third-order valence-corrected chi connectivity index (χ3v) is 3.60. The lowest BCUT2D eigenvalue weighted by atomic mass is 10.2. The molecule has 0 bridgehead atoms. The highest BCUT2D eigenvalue weighted by atomic mass is 32.2. The summed E-state index contributed by atoms with van der Waals surface area (Å²) in [6, 6.07) is 8.43. The van der Waals surface area contributed by atoms with Crippen LogP contribution in [-0.4, -0.2) is 39.4 Å². The van der Waals surface area contributed by atoms with Crippen LogP contribution in [0.3, 0.4) is 0 Å². The highest BCUT2D eigenvalue weighted by molar-refractivity contribution is 7.98. The summed E-state index contributed by atoms with van der Waals surface area (Å²) in [5.74, 6) is 0.456. The predicted octanol–water partition coefficient (Wildman–Crippen LogP) is 1.17. The van der Waals surface area contributed by atoms with Crippen LogP contribution in [0.2, 0.25) is 0 Å². The number of aliphatic carboxylic acids is 1. The molecule has 1 unspecified atom stereocenters. The molecule has 0 aliphatic heterocycles. The molecule has 2 N–H and O–H groups in total. The Labute approximate surface area is 124 Å². The van der Waals surface area contributed by atoms with Crippen molar-refractivity contribution in [1.82, 2.24) is 15.5 Å². The minimum Gasteiger partial charge on any atom is -0.480 e. The number of nitrogens with one attached hydrogen (secondary N) is 1. The normalized spacial score (nSPS) is 11.8. The number of carboxylic acid groups (broad SMARTS) is 1. The first-order chi connectivity index (χ1) is 10.2. The van der Waals surface area contributed by atoms with Crippen LogP contribution in [0, 0.1) is 0 Å². The fourth-order valence-electron chi connectivity index (χ4n) is 1.55. The summed E-state index contributed by atoms with van der Waals surface area (Å²) in [6.45, 7) is 0. The van der Waals surface area contributed by atoms with E-state index in [2.05, 4.69) is 15.5 Å². The van der Waals surface area contributed by atoms with Gasteiger partial charge in [-0.1, -0.05) is 23.4 Å². The number of aromatic nitrogens is 2. The van der Waals surface area contributed by atoms with Crippen LogP contribution in [0.1, 0.15) is 5.82 Å². The van der Waals surface area contributed by atoms with Gasteiger partial charge in [-0.15, -0.1) is 0 Å². The zero-order chi connectivity index (χ0) is 15.1. The van der Waals surface area contributed by atoms with E-state index in [-0.39, 0.29) is 5.75 Å². The number of thioether (sulfide) groups is 1. The Morgan fingerprint density at radius 1 is 1.43 bits per heavy atom. The molecule has 1 aromatic carbocycles. The van der Waals surface area contributed by atoms with Crippen LogP contribution in [0.4, 0.5) is 0 Å². The molecule has 0 saturated heterocycles. The topological polar surface area (TPSA) is 105 Å². The average molecular weight is 307 g/mol. The molecule has 0 spiro atoms. The fraction of sp³-hybridized carbons (Fsp3) is 0.231. The van der Waals surface area contributed by atoms with Gasteiger partial charge in [0.05, 0.1) is 5.75 Å². The van der Waals surface area contributed by atoms with Gasteiger partial charge in [0.25, 0.3) is 5.89 Å².